The van der Waals surface area contributed by atoms with Gasteiger partial charge in [-0.3, -0.25) is 10.1 Å². The van der Waals surface area contributed by atoms with E-state index in [1.165, 1.54) is 0 Å². The Labute approximate surface area is 86.8 Å². The quantitative estimate of drug-likeness (QED) is 0.361. The normalized spacial score (nSPS) is 11.2. The van der Waals surface area contributed by atoms with Crippen LogP contribution in [0.3, 0.4) is 0 Å². The van der Waals surface area contributed by atoms with Gasteiger partial charge in [0, 0.05) is 6.07 Å². The molecule has 1 aromatic carbocycles. The maximum absolute atomic E-state index is 12.2. The molecule has 0 amide bonds. The molecule has 16 heavy (non-hydrogen) atoms. The SMILES string of the molecule is N=C([O-])c1ccc(C(F)(F)F)cc1[N+](=O)[O-]. The number of nitro groups is 1. The van der Waals surface area contributed by atoms with E-state index in [4.69, 9.17) is 5.41 Å². The number of rotatable bonds is 2. The summed E-state index contributed by atoms with van der Waals surface area (Å²) < 4.78 is 36.6. The number of alkyl halides is 3. The molecule has 0 aromatic heterocycles. The van der Waals surface area contributed by atoms with E-state index in [1.807, 2.05) is 0 Å². The molecule has 0 aliphatic carbocycles. The van der Waals surface area contributed by atoms with E-state index in [2.05, 4.69) is 0 Å². The van der Waals surface area contributed by atoms with E-state index >= 15 is 0 Å². The lowest BCUT2D eigenvalue weighted by Gasteiger charge is -2.11. The Bertz CT molecular complexity index is 456. The molecule has 1 aromatic rings. The van der Waals surface area contributed by atoms with E-state index in [0.717, 1.165) is 0 Å². The molecule has 0 radical (unpaired) electrons. The van der Waals surface area contributed by atoms with Crippen molar-refractivity contribution in [1.82, 2.24) is 0 Å². The topological polar surface area (TPSA) is 90.0 Å². The average molecular weight is 233 g/mol. The van der Waals surface area contributed by atoms with E-state index < -0.39 is 33.8 Å². The van der Waals surface area contributed by atoms with E-state index in [9.17, 15) is 28.4 Å². The van der Waals surface area contributed by atoms with Crippen molar-refractivity contribution in [3.63, 3.8) is 0 Å². The molecule has 1 rings (SSSR count). The van der Waals surface area contributed by atoms with Crippen LogP contribution in [0.15, 0.2) is 18.2 Å². The summed E-state index contributed by atoms with van der Waals surface area (Å²) in [5, 5.41) is 27.7. The van der Waals surface area contributed by atoms with Crippen LogP contribution < -0.4 is 5.11 Å². The Balaban J connectivity index is 3.40. The molecule has 0 heterocycles. The Hall–Kier alpha value is -2.12. The van der Waals surface area contributed by atoms with Crippen LogP contribution in [0.4, 0.5) is 18.9 Å². The van der Waals surface area contributed by atoms with Gasteiger partial charge in [0.05, 0.1) is 16.1 Å². The summed E-state index contributed by atoms with van der Waals surface area (Å²) in [6.07, 6.45) is -4.73. The highest BCUT2D eigenvalue weighted by atomic mass is 19.4. The molecule has 0 atom stereocenters. The summed E-state index contributed by atoms with van der Waals surface area (Å²) in [6, 6.07) is 1.38. The third kappa shape index (κ3) is 2.27. The van der Waals surface area contributed by atoms with Crippen LogP contribution in [0.5, 0.6) is 0 Å². The number of nitrogens with zero attached hydrogens (tertiary/aromatic N) is 1. The standard InChI is InChI=1S/C8H5F3N2O3/c9-8(10,11)4-1-2-5(7(12)14)6(3-4)13(15)16/h1-3H,(H2,12,14)/p-1. The first-order chi connectivity index (χ1) is 7.23. The Morgan fingerprint density at radius 2 is 1.94 bits per heavy atom. The Morgan fingerprint density at radius 1 is 1.38 bits per heavy atom. The molecule has 0 bridgehead atoms. The minimum absolute atomic E-state index is 0.238. The molecule has 0 saturated carbocycles. The lowest BCUT2D eigenvalue weighted by Crippen LogP contribution is -2.19. The highest BCUT2D eigenvalue weighted by Gasteiger charge is 2.32. The van der Waals surface area contributed by atoms with Gasteiger partial charge in [-0.2, -0.15) is 13.2 Å². The van der Waals surface area contributed by atoms with Gasteiger partial charge in [-0.05, 0) is 18.0 Å². The minimum Gasteiger partial charge on any atom is -0.859 e. The summed E-state index contributed by atoms with van der Waals surface area (Å²) >= 11 is 0. The first-order valence-electron chi connectivity index (χ1n) is 3.85. The number of nitrogens with one attached hydrogen (secondary N) is 1. The van der Waals surface area contributed by atoms with Crippen molar-refractivity contribution in [3.8, 4) is 0 Å². The van der Waals surface area contributed by atoms with E-state index in [1.54, 1.807) is 0 Å². The molecular weight excluding hydrogens is 229 g/mol. The zero-order chi connectivity index (χ0) is 12.5. The average Bonchev–Trinajstić information content (AvgIpc) is 2.15. The van der Waals surface area contributed by atoms with Crippen molar-refractivity contribution in [2.75, 3.05) is 0 Å². The fourth-order valence-corrected chi connectivity index (χ4v) is 1.05. The van der Waals surface area contributed by atoms with Crippen LogP contribution in [0.25, 0.3) is 0 Å². The molecular formula is C8H4F3N2O3-. The van der Waals surface area contributed by atoms with Gasteiger partial charge in [0.1, 0.15) is 0 Å². The molecule has 0 aliphatic heterocycles. The maximum Gasteiger partial charge on any atom is 0.416 e. The summed E-state index contributed by atoms with van der Waals surface area (Å²) in [6.45, 7) is 0. The van der Waals surface area contributed by atoms with Crippen LogP contribution in [-0.4, -0.2) is 10.8 Å². The van der Waals surface area contributed by atoms with Crippen LogP contribution in [0.1, 0.15) is 11.1 Å². The van der Waals surface area contributed by atoms with Crippen molar-refractivity contribution in [2.45, 2.75) is 6.18 Å². The first kappa shape index (κ1) is 12.0. The second-order valence-electron chi connectivity index (χ2n) is 2.82. The van der Waals surface area contributed by atoms with Crippen molar-refractivity contribution >= 4 is 11.6 Å². The first-order valence-corrected chi connectivity index (χ1v) is 3.85. The van der Waals surface area contributed by atoms with Crippen LogP contribution in [0.2, 0.25) is 0 Å². The molecule has 1 N–H and O–H groups in total. The molecule has 5 nitrogen and oxygen atoms in total. The smallest absolute Gasteiger partial charge is 0.416 e. The highest BCUT2D eigenvalue weighted by Crippen LogP contribution is 2.32. The fourth-order valence-electron chi connectivity index (χ4n) is 1.05. The van der Waals surface area contributed by atoms with Crippen LogP contribution in [-0.2, 0) is 6.18 Å². The summed E-state index contributed by atoms with van der Waals surface area (Å²) in [4.78, 5) is 9.28. The molecule has 0 unspecified atom stereocenters. The molecule has 8 heteroatoms. The largest absolute Gasteiger partial charge is 0.859 e. The lowest BCUT2D eigenvalue weighted by molar-refractivity contribution is -0.385. The summed E-state index contributed by atoms with van der Waals surface area (Å²) in [5.41, 5.74) is -2.92. The van der Waals surface area contributed by atoms with Gasteiger partial charge in [-0.1, -0.05) is 0 Å². The molecule has 0 spiro atoms. The second-order valence-corrected chi connectivity index (χ2v) is 2.82. The van der Waals surface area contributed by atoms with Gasteiger partial charge in [-0.25, -0.2) is 0 Å². The Morgan fingerprint density at radius 3 is 2.31 bits per heavy atom. The van der Waals surface area contributed by atoms with Crippen molar-refractivity contribution in [3.05, 3.63) is 39.4 Å². The van der Waals surface area contributed by atoms with Crippen molar-refractivity contribution in [1.29, 1.82) is 5.41 Å². The van der Waals surface area contributed by atoms with E-state index in [0.29, 0.717) is 12.1 Å². The van der Waals surface area contributed by atoms with Crippen LogP contribution in [0, 0.1) is 15.5 Å². The van der Waals surface area contributed by atoms with Crippen molar-refractivity contribution in [2.24, 2.45) is 0 Å². The van der Waals surface area contributed by atoms with Gasteiger partial charge < -0.3 is 10.5 Å². The fraction of sp³-hybridized carbons (Fsp3) is 0.125. The van der Waals surface area contributed by atoms with E-state index in [-0.39, 0.29) is 6.07 Å². The number of hydrogen-bond donors (Lipinski definition) is 1. The zero-order valence-corrected chi connectivity index (χ0v) is 7.54. The predicted molar refractivity (Wildman–Crippen MR) is 44.9 cm³/mol. The van der Waals surface area contributed by atoms with Crippen molar-refractivity contribution < 1.29 is 23.2 Å². The molecule has 0 saturated heterocycles. The summed E-state index contributed by atoms with van der Waals surface area (Å²) in [7, 11) is 0. The van der Waals surface area contributed by atoms with Gasteiger partial charge in [-0.15, -0.1) is 0 Å². The van der Waals surface area contributed by atoms with Gasteiger partial charge in [0.15, 0.2) is 0 Å². The van der Waals surface area contributed by atoms with Gasteiger partial charge in [0.25, 0.3) is 5.69 Å². The predicted octanol–water partition coefficient (Wildman–Crippen LogP) is 1.30. The number of hydrogen-bond acceptors (Lipinski definition) is 4. The molecule has 86 valence electrons. The zero-order valence-electron chi connectivity index (χ0n) is 7.54. The molecule has 0 aliphatic rings. The highest BCUT2D eigenvalue weighted by molar-refractivity contribution is 5.92. The van der Waals surface area contributed by atoms with Gasteiger partial charge >= 0.3 is 6.18 Å². The Kier molecular flexibility index (Phi) is 2.84. The summed E-state index contributed by atoms with van der Waals surface area (Å²) in [5.74, 6) is -1.40. The number of halogens is 3. The maximum atomic E-state index is 12.2. The molecule has 0 fully saturated rings. The minimum atomic E-state index is -4.73. The second kappa shape index (κ2) is 3.80. The third-order valence-electron chi connectivity index (χ3n) is 1.77. The lowest BCUT2D eigenvalue weighted by atomic mass is 10.1. The number of nitro benzene ring substituents is 1. The van der Waals surface area contributed by atoms with Crippen LogP contribution >= 0.6 is 0 Å². The van der Waals surface area contributed by atoms with Gasteiger partial charge in [0.2, 0.25) is 0 Å². The third-order valence-corrected chi connectivity index (χ3v) is 1.77. The monoisotopic (exact) mass is 233 g/mol. The number of benzene rings is 1.